The first kappa shape index (κ1) is 16.7. The van der Waals surface area contributed by atoms with E-state index in [-0.39, 0.29) is 23.8 Å². The van der Waals surface area contributed by atoms with Gasteiger partial charge in [-0.25, -0.2) is 4.39 Å². The zero-order valence-electron chi connectivity index (χ0n) is 13.3. The summed E-state index contributed by atoms with van der Waals surface area (Å²) in [4.78, 5) is 26.6. The first-order valence-corrected chi connectivity index (χ1v) is 7.26. The van der Waals surface area contributed by atoms with Gasteiger partial charge < -0.3 is 15.0 Å². The zero-order valence-corrected chi connectivity index (χ0v) is 13.3. The zero-order chi connectivity index (χ0) is 17.0. The fourth-order valence-electron chi connectivity index (χ4n) is 2.22. The Kier molecular flexibility index (Phi) is 5.16. The van der Waals surface area contributed by atoms with Gasteiger partial charge in [0.15, 0.2) is 6.10 Å². The Morgan fingerprint density at radius 1 is 1.35 bits per heavy atom. The van der Waals surface area contributed by atoms with Crippen LogP contribution in [-0.4, -0.2) is 17.0 Å². The normalized spacial score (nSPS) is 11.8. The third-order valence-electron chi connectivity index (χ3n) is 3.41. The van der Waals surface area contributed by atoms with Gasteiger partial charge in [-0.2, -0.15) is 0 Å². The van der Waals surface area contributed by atoms with Gasteiger partial charge in [0.25, 0.3) is 11.5 Å². The second kappa shape index (κ2) is 7.09. The predicted molar refractivity (Wildman–Crippen MR) is 84.9 cm³/mol. The van der Waals surface area contributed by atoms with Crippen molar-refractivity contribution in [2.24, 2.45) is 0 Å². The van der Waals surface area contributed by atoms with Crippen LogP contribution in [0.5, 0.6) is 5.75 Å². The molecule has 6 heteroatoms. The first-order chi connectivity index (χ1) is 10.9. The van der Waals surface area contributed by atoms with Crippen LogP contribution >= 0.6 is 0 Å². The highest BCUT2D eigenvalue weighted by molar-refractivity contribution is 5.80. The van der Waals surface area contributed by atoms with Gasteiger partial charge in [-0.15, -0.1) is 0 Å². The van der Waals surface area contributed by atoms with Crippen LogP contribution < -0.4 is 15.6 Å². The summed E-state index contributed by atoms with van der Waals surface area (Å²) < 4.78 is 18.5. The molecule has 1 aromatic heterocycles. The van der Waals surface area contributed by atoms with Crippen molar-refractivity contribution >= 4 is 5.91 Å². The Labute approximate surface area is 133 Å². The van der Waals surface area contributed by atoms with Crippen LogP contribution in [0.3, 0.4) is 0 Å². The van der Waals surface area contributed by atoms with E-state index in [1.54, 1.807) is 19.9 Å². The molecular formula is C17H19FN2O3. The number of aromatic nitrogens is 1. The number of nitrogens with one attached hydrogen (secondary N) is 2. The lowest BCUT2D eigenvalue weighted by atomic mass is 10.1. The molecule has 0 bridgehead atoms. The van der Waals surface area contributed by atoms with Crippen molar-refractivity contribution < 1.29 is 13.9 Å². The molecule has 1 aromatic carbocycles. The van der Waals surface area contributed by atoms with Crippen LogP contribution in [0.15, 0.2) is 35.1 Å². The number of halogens is 1. The van der Waals surface area contributed by atoms with Crippen LogP contribution in [0.2, 0.25) is 0 Å². The topological polar surface area (TPSA) is 71.2 Å². The number of hydrogen-bond donors (Lipinski definition) is 2. The minimum atomic E-state index is -0.804. The number of hydrogen-bond acceptors (Lipinski definition) is 3. The van der Waals surface area contributed by atoms with E-state index in [1.807, 2.05) is 13.0 Å². The Balaban J connectivity index is 1.98. The van der Waals surface area contributed by atoms with Crippen LogP contribution in [0.25, 0.3) is 0 Å². The molecule has 0 saturated heterocycles. The summed E-state index contributed by atoms with van der Waals surface area (Å²) in [7, 11) is 0. The number of ether oxygens (including phenoxy) is 1. The van der Waals surface area contributed by atoms with E-state index in [0.29, 0.717) is 5.56 Å². The third kappa shape index (κ3) is 4.42. The van der Waals surface area contributed by atoms with E-state index in [2.05, 4.69) is 10.3 Å². The summed E-state index contributed by atoms with van der Waals surface area (Å²) >= 11 is 0. The lowest BCUT2D eigenvalue weighted by Crippen LogP contribution is -2.37. The van der Waals surface area contributed by atoms with E-state index in [1.165, 1.54) is 18.2 Å². The van der Waals surface area contributed by atoms with Gasteiger partial charge >= 0.3 is 0 Å². The van der Waals surface area contributed by atoms with E-state index in [4.69, 9.17) is 4.74 Å². The van der Waals surface area contributed by atoms with Crippen molar-refractivity contribution in [1.29, 1.82) is 0 Å². The summed E-state index contributed by atoms with van der Waals surface area (Å²) in [6.45, 7) is 5.28. The number of amides is 1. The molecule has 0 aliphatic carbocycles. The quantitative estimate of drug-likeness (QED) is 0.888. The molecule has 122 valence electrons. The molecule has 0 saturated carbocycles. The standard InChI is InChI=1S/C17H19FN2O3/c1-10-7-11(2)20-17(22)15(10)9-19-16(21)12(3)23-14-6-4-5-13(18)8-14/h4-8,12H,9H2,1-3H3,(H,19,21)(H,20,22)/t12-/m1/s1. The van der Waals surface area contributed by atoms with Crippen molar-refractivity contribution in [2.75, 3.05) is 0 Å². The Morgan fingerprint density at radius 3 is 2.74 bits per heavy atom. The SMILES string of the molecule is Cc1cc(C)c(CNC(=O)[C@@H](C)Oc2cccc(F)c2)c(=O)[nH]1. The molecule has 0 aliphatic heterocycles. The van der Waals surface area contributed by atoms with Crippen LogP contribution in [0.1, 0.15) is 23.7 Å². The largest absolute Gasteiger partial charge is 0.481 e. The summed E-state index contributed by atoms with van der Waals surface area (Å²) in [5.74, 6) is -0.539. The van der Waals surface area contributed by atoms with Gasteiger partial charge in [0.05, 0.1) is 0 Å². The van der Waals surface area contributed by atoms with Crippen molar-refractivity contribution in [2.45, 2.75) is 33.4 Å². The highest BCUT2D eigenvalue weighted by Crippen LogP contribution is 2.14. The summed E-state index contributed by atoms with van der Waals surface area (Å²) in [6.07, 6.45) is -0.804. The average molecular weight is 318 g/mol. The smallest absolute Gasteiger partial charge is 0.261 e. The molecule has 0 radical (unpaired) electrons. The number of carbonyl (C=O) groups excluding carboxylic acids is 1. The summed E-state index contributed by atoms with van der Waals surface area (Å²) in [5, 5.41) is 2.66. The van der Waals surface area contributed by atoms with E-state index in [9.17, 15) is 14.0 Å². The molecule has 5 nitrogen and oxygen atoms in total. The molecule has 1 heterocycles. The average Bonchev–Trinajstić information content (AvgIpc) is 2.45. The second-order valence-corrected chi connectivity index (χ2v) is 5.38. The second-order valence-electron chi connectivity index (χ2n) is 5.38. The maximum Gasteiger partial charge on any atom is 0.261 e. The minimum absolute atomic E-state index is 0.108. The predicted octanol–water partition coefficient (Wildman–Crippen LogP) is 2.21. The van der Waals surface area contributed by atoms with Crippen molar-refractivity contribution in [3.63, 3.8) is 0 Å². The lowest BCUT2D eigenvalue weighted by Gasteiger charge is -2.15. The molecule has 1 amide bonds. The molecule has 2 rings (SSSR count). The highest BCUT2D eigenvalue weighted by Gasteiger charge is 2.16. The Morgan fingerprint density at radius 2 is 2.09 bits per heavy atom. The fraction of sp³-hybridized carbons (Fsp3) is 0.294. The van der Waals surface area contributed by atoms with Crippen molar-refractivity contribution in [1.82, 2.24) is 10.3 Å². The van der Waals surface area contributed by atoms with E-state index in [0.717, 1.165) is 11.3 Å². The number of aromatic amines is 1. The molecule has 1 atom stereocenters. The van der Waals surface area contributed by atoms with Crippen molar-refractivity contribution in [3.05, 3.63) is 63.3 Å². The van der Waals surface area contributed by atoms with Gasteiger partial charge in [0.2, 0.25) is 0 Å². The van der Waals surface area contributed by atoms with Gasteiger partial charge in [-0.3, -0.25) is 9.59 Å². The van der Waals surface area contributed by atoms with Gasteiger partial charge in [0.1, 0.15) is 11.6 Å². The van der Waals surface area contributed by atoms with Crippen LogP contribution in [0.4, 0.5) is 4.39 Å². The molecule has 0 spiro atoms. The summed E-state index contributed by atoms with van der Waals surface area (Å²) in [5.41, 5.74) is 1.86. The van der Waals surface area contributed by atoms with Gasteiger partial charge in [-0.1, -0.05) is 6.07 Å². The molecule has 0 fully saturated rings. The maximum atomic E-state index is 13.1. The number of benzene rings is 1. The van der Waals surface area contributed by atoms with E-state index < -0.39 is 11.9 Å². The number of aryl methyl sites for hydroxylation is 2. The first-order valence-electron chi connectivity index (χ1n) is 7.26. The number of H-pyrrole nitrogens is 1. The number of rotatable bonds is 5. The monoisotopic (exact) mass is 318 g/mol. The maximum absolute atomic E-state index is 13.1. The van der Waals surface area contributed by atoms with Crippen LogP contribution in [-0.2, 0) is 11.3 Å². The molecule has 0 unspecified atom stereocenters. The molecule has 2 N–H and O–H groups in total. The highest BCUT2D eigenvalue weighted by atomic mass is 19.1. The van der Waals surface area contributed by atoms with Gasteiger partial charge in [0, 0.05) is 23.9 Å². The lowest BCUT2D eigenvalue weighted by molar-refractivity contribution is -0.127. The summed E-state index contributed by atoms with van der Waals surface area (Å²) in [6, 6.07) is 7.42. The Bertz CT molecular complexity index is 771. The minimum Gasteiger partial charge on any atom is -0.481 e. The molecule has 23 heavy (non-hydrogen) atoms. The fourth-order valence-corrected chi connectivity index (χ4v) is 2.22. The number of pyridine rings is 1. The Hall–Kier alpha value is -2.63. The van der Waals surface area contributed by atoms with Crippen molar-refractivity contribution in [3.8, 4) is 5.75 Å². The number of carbonyl (C=O) groups is 1. The van der Waals surface area contributed by atoms with Crippen LogP contribution in [0, 0.1) is 19.7 Å². The third-order valence-corrected chi connectivity index (χ3v) is 3.41. The molecule has 0 aliphatic rings. The molecule has 2 aromatic rings. The van der Waals surface area contributed by atoms with E-state index >= 15 is 0 Å². The molecular weight excluding hydrogens is 299 g/mol. The van der Waals surface area contributed by atoms with Gasteiger partial charge in [-0.05, 0) is 44.5 Å².